The van der Waals surface area contributed by atoms with Gasteiger partial charge in [0.25, 0.3) is 5.92 Å². The van der Waals surface area contributed by atoms with Crippen molar-refractivity contribution in [1.82, 2.24) is 5.32 Å². The van der Waals surface area contributed by atoms with Crippen LogP contribution in [0.1, 0.15) is 18.4 Å². The Labute approximate surface area is 133 Å². The van der Waals surface area contributed by atoms with Crippen LogP contribution in [0.4, 0.5) is 26.3 Å². The van der Waals surface area contributed by atoms with E-state index in [1.54, 1.807) is 0 Å². The zero-order valence-corrected chi connectivity index (χ0v) is 12.8. The summed E-state index contributed by atoms with van der Waals surface area (Å²) in [5.74, 6) is -4.84. The summed E-state index contributed by atoms with van der Waals surface area (Å²) in [5.41, 5.74) is -2.19. The number of thioether (sulfide) groups is 1. The minimum atomic E-state index is -4.71. The second-order valence-electron chi connectivity index (χ2n) is 6.03. The van der Waals surface area contributed by atoms with Crippen molar-refractivity contribution in [3.63, 3.8) is 0 Å². The normalized spacial score (nSPS) is 25.6. The highest BCUT2D eigenvalue weighted by molar-refractivity contribution is 7.99. The molecule has 1 atom stereocenters. The minimum absolute atomic E-state index is 0.0955. The first-order valence-corrected chi connectivity index (χ1v) is 8.25. The molecule has 0 amide bonds. The van der Waals surface area contributed by atoms with Crippen molar-refractivity contribution in [2.75, 3.05) is 18.8 Å². The van der Waals surface area contributed by atoms with E-state index in [-0.39, 0.29) is 10.6 Å². The van der Waals surface area contributed by atoms with Crippen LogP contribution in [0, 0.1) is 17.2 Å². The van der Waals surface area contributed by atoms with E-state index in [1.165, 1.54) is 0 Å². The van der Waals surface area contributed by atoms with E-state index in [1.807, 2.05) is 0 Å². The van der Waals surface area contributed by atoms with E-state index in [2.05, 4.69) is 5.32 Å². The highest BCUT2D eigenvalue weighted by Gasteiger charge is 2.78. The number of rotatable bonds is 3. The second kappa shape index (κ2) is 5.58. The van der Waals surface area contributed by atoms with Crippen LogP contribution in [-0.2, 0) is 6.18 Å². The van der Waals surface area contributed by atoms with Crippen LogP contribution in [0.5, 0.6) is 0 Å². The van der Waals surface area contributed by atoms with Crippen LogP contribution >= 0.6 is 11.8 Å². The molecule has 1 unspecified atom stereocenters. The Morgan fingerprint density at radius 2 is 1.83 bits per heavy atom. The zero-order chi connectivity index (χ0) is 16.9. The van der Waals surface area contributed by atoms with E-state index in [0.29, 0.717) is 32.0 Å². The van der Waals surface area contributed by atoms with Gasteiger partial charge in [-0.25, -0.2) is 13.2 Å². The van der Waals surface area contributed by atoms with Crippen molar-refractivity contribution in [3.05, 3.63) is 29.6 Å². The number of alkyl halides is 5. The molecule has 8 heteroatoms. The molecule has 0 bridgehead atoms. The standard InChI is InChI=1S/C15H15F6NS/c16-9-1-2-11(10(7-9)15(19,20)21)23-8-12-13(14(12,17)18)3-5-22-6-4-13/h1-2,7,12,22H,3-6,8H2. The largest absolute Gasteiger partial charge is 0.417 e. The molecule has 1 N–H and O–H groups in total. The molecule has 128 valence electrons. The lowest BCUT2D eigenvalue weighted by atomic mass is 9.92. The molecule has 2 aliphatic rings. The third-order valence-corrected chi connectivity index (χ3v) is 6.00. The first-order valence-electron chi connectivity index (χ1n) is 7.26. The smallest absolute Gasteiger partial charge is 0.317 e. The maximum Gasteiger partial charge on any atom is 0.417 e. The average molecular weight is 355 g/mol. The molecule has 1 saturated carbocycles. The van der Waals surface area contributed by atoms with Crippen molar-refractivity contribution in [1.29, 1.82) is 0 Å². The number of piperidine rings is 1. The van der Waals surface area contributed by atoms with Gasteiger partial charge in [0.1, 0.15) is 5.82 Å². The third-order valence-electron chi connectivity index (χ3n) is 4.83. The summed E-state index contributed by atoms with van der Waals surface area (Å²) in [6.45, 7) is 1.00. The second-order valence-corrected chi connectivity index (χ2v) is 7.09. The van der Waals surface area contributed by atoms with E-state index in [4.69, 9.17) is 0 Å². The number of hydrogen-bond donors (Lipinski definition) is 1. The van der Waals surface area contributed by atoms with Gasteiger partial charge in [0.05, 0.1) is 5.56 Å². The van der Waals surface area contributed by atoms with Crippen LogP contribution in [0.25, 0.3) is 0 Å². The van der Waals surface area contributed by atoms with E-state index < -0.39 is 34.8 Å². The van der Waals surface area contributed by atoms with Gasteiger partial charge in [-0.15, -0.1) is 11.8 Å². The van der Waals surface area contributed by atoms with Gasteiger partial charge >= 0.3 is 6.18 Å². The minimum Gasteiger partial charge on any atom is -0.317 e. The molecular formula is C15H15F6NS. The molecular weight excluding hydrogens is 340 g/mol. The summed E-state index contributed by atoms with van der Waals surface area (Å²) in [4.78, 5) is -0.203. The van der Waals surface area contributed by atoms with Crippen molar-refractivity contribution in [3.8, 4) is 0 Å². The van der Waals surface area contributed by atoms with Gasteiger partial charge in [-0.3, -0.25) is 0 Å². The maximum atomic E-state index is 14.1. The Bertz CT molecular complexity index is 594. The molecule has 1 aromatic rings. The zero-order valence-electron chi connectivity index (χ0n) is 12.0. The number of hydrogen-bond acceptors (Lipinski definition) is 2. The summed E-state index contributed by atoms with van der Waals surface area (Å²) in [7, 11) is 0. The molecule has 1 spiro atoms. The molecule has 3 rings (SSSR count). The molecule has 1 aliphatic carbocycles. The van der Waals surface area contributed by atoms with E-state index in [9.17, 15) is 26.3 Å². The lowest BCUT2D eigenvalue weighted by Gasteiger charge is -2.23. The van der Waals surface area contributed by atoms with Crippen LogP contribution in [0.15, 0.2) is 23.1 Å². The van der Waals surface area contributed by atoms with Gasteiger partial charge in [-0.05, 0) is 44.1 Å². The Morgan fingerprint density at radius 1 is 1.17 bits per heavy atom. The fourth-order valence-corrected chi connectivity index (χ4v) is 4.80. The molecule has 2 fully saturated rings. The fourth-order valence-electron chi connectivity index (χ4n) is 3.43. The molecule has 1 aromatic carbocycles. The summed E-state index contributed by atoms with van der Waals surface area (Å²) in [6, 6.07) is 2.34. The van der Waals surface area contributed by atoms with Crippen LogP contribution in [0.2, 0.25) is 0 Å². The Balaban J connectivity index is 1.75. The average Bonchev–Trinajstić information content (AvgIpc) is 2.91. The molecule has 1 heterocycles. The summed E-state index contributed by atoms with van der Waals surface area (Å²) in [6.07, 6.45) is -4.04. The Hall–Kier alpha value is -0.890. The molecule has 1 nitrogen and oxygen atoms in total. The number of nitrogens with one attached hydrogen (secondary N) is 1. The van der Waals surface area contributed by atoms with Crippen LogP contribution < -0.4 is 5.32 Å². The van der Waals surface area contributed by atoms with Gasteiger partial charge < -0.3 is 5.32 Å². The topological polar surface area (TPSA) is 12.0 Å². The van der Waals surface area contributed by atoms with E-state index >= 15 is 0 Å². The first kappa shape index (κ1) is 17.0. The molecule has 1 aliphatic heterocycles. The lowest BCUT2D eigenvalue weighted by Crippen LogP contribution is -2.32. The van der Waals surface area contributed by atoms with Crippen molar-refractivity contribution < 1.29 is 26.3 Å². The fraction of sp³-hybridized carbons (Fsp3) is 0.600. The van der Waals surface area contributed by atoms with Gasteiger partial charge in [0, 0.05) is 22.0 Å². The predicted octanol–water partition coefficient (Wildman–Crippen LogP) is 4.57. The molecule has 0 radical (unpaired) electrons. The summed E-state index contributed by atoms with van der Waals surface area (Å²) in [5, 5.41) is 3.02. The summed E-state index contributed by atoms with van der Waals surface area (Å²) < 4.78 is 80.1. The van der Waals surface area contributed by atoms with Gasteiger partial charge in [0.2, 0.25) is 0 Å². The molecule has 23 heavy (non-hydrogen) atoms. The van der Waals surface area contributed by atoms with Crippen molar-refractivity contribution in [2.24, 2.45) is 11.3 Å². The first-order chi connectivity index (χ1) is 10.7. The third kappa shape index (κ3) is 2.84. The SMILES string of the molecule is Fc1ccc(SCC2C(F)(F)C23CCNCC3)c(C(F)(F)F)c1. The molecule has 1 saturated heterocycles. The highest BCUT2D eigenvalue weighted by Crippen LogP contribution is 2.71. The van der Waals surface area contributed by atoms with Crippen molar-refractivity contribution in [2.45, 2.75) is 29.8 Å². The predicted molar refractivity (Wildman–Crippen MR) is 75.1 cm³/mol. The van der Waals surface area contributed by atoms with Gasteiger partial charge in [-0.1, -0.05) is 0 Å². The molecule has 0 aromatic heterocycles. The quantitative estimate of drug-likeness (QED) is 0.630. The van der Waals surface area contributed by atoms with Crippen molar-refractivity contribution >= 4 is 11.8 Å². The monoisotopic (exact) mass is 355 g/mol. The lowest BCUT2D eigenvalue weighted by molar-refractivity contribution is -0.139. The van der Waals surface area contributed by atoms with E-state index in [0.717, 1.165) is 23.9 Å². The van der Waals surface area contributed by atoms with Crippen LogP contribution in [0.3, 0.4) is 0 Å². The Morgan fingerprint density at radius 3 is 2.43 bits per heavy atom. The number of halogens is 6. The number of benzene rings is 1. The van der Waals surface area contributed by atoms with Gasteiger partial charge in [0.15, 0.2) is 0 Å². The highest BCUT2D eigenvalue weighted by atomic mass is 32.2. The maximum absolute atomic E-state index is 14.1. The van der Waals surface area contributed by atoms with Crippen LogP contribution in [-0.4, -0.2) is 24.8 Å². The van der Waals surface area contributed by atoms with Gasteiger partial charge in [-0.2, -0.15) is 13.2 Å². The summed E-state index contributed by atoms with van der Waals surface area (Å²) >= 11 is 0.736. The Kier molecular flexibility index (Phi) is 4.11.